The zero-order valence-corrected chi connectivity index (χ0v) is 11.7. The molecule has 0 radical (unpaired) electrons. The monoisotopic (exact) mass is 300 g/mol. The van der Waals surface area contributed by atoms with Gasteiger partial charge in [0.15, 0.2) is 0 Å². The highest BCUT2D eigenvalue weighted by Gasteiger charge is 2.03. The quantitative estimate of drug-likeness (QED) is 0.858. The Bertz CT molecular complexity index is 570. The summed E-state index contributed by atoms with van der Waals surface area (Å²) in [6.07, 6.45) is 0. The lowest BCUT2D eigenvalue weighted by Crippen LogP contribution is -2.16. The predicted molar refractivity (Wildman–Crippen MR) is 77.4 cm³/mol. The number of nitrogens with zero attached hydrogens (tertiary/aromatic N) is 2. The van der Waals surface area contributed by atoms with Crippen molar-refractivity contribution >= 4 is 21.6 Å². The second-order valence-electron chi connectivity index (χ2n) is 4.14. The summed E-state index contributed by atoms with van der Waals surface area (Å²) < 4.78 is 1.08. The molecule has 0 amide bonds. The molecule has 2 rings (SSSR count). The highest BCUT2D eigenvalue weighted by Crippen LogP contribution is 2.18. The van der Waals surface area contributed by atoms with E-state index in [4.69, 9.17) is 5.26 Å². The molecule has 0 saturated heterocycles. The van der Waals surface area contributed by atoms with Crippen molar-refractivity contribution < 1.29 is 0 Å². The van der Waals surface area contributed by atoms with Crippen LogP contribution in [0.25, 0.3) is 0 Å². The maximum absolute atomic E-state index is 8.89. The molecule has 0 spiro atoms. The molecule has 0 bridgehead atoms. The van der Waals surface area contributed by atoms with Crippen LogP contribution in [0.15, 0.2) is 53.0 Å². The molecule has 0 unspecified atom stereocenters. The van der Waals surface area contributed by atoms with Crippen LogP contribution in [-0.4, -0.2) is 7.05 Å². The van der Waals surface area contributed by atoms with Gasteiger partial charge in [-0.1, -0.05) is 34.1 Å². The van der Waals surface area contributed by atoms with Crippen LogP contribution < -0.4 is 4.90 Å². The van der Waals surface area contributed by atoms with E-state index >= 15 is 0 Å². The Morgan fingerprint density at radius 1 is 1.17 bits per heavy atom. The summed E-state index contributed by atoms with van der Waals surface area (Å²) in [4.78, 5) is 2.13. The third kappa shape index (κ3) is 3.12. The van der Waals surface area contributed by atoms with E-state index in [9.17, 15) is 0 Å². The van der Waals surface area contributed by atoms with Crippen LogP contribution in [0.4, 0.5) is 5.69 Å². The van der Waals surface area contributed by atoms with Gasteiger partial charge in [-0.15, -0.1) is 0 Å². The molecule has 0 aliphatic carbocycles. The maximum atomic E-state index is 8.89. The number of anilines is 1. The highest BCUT2D eigenvalue weighted by atomic mass is 79.9. The van der Waals surface area contributed by atoms with Crippen LogP contribution in [-0.2, 0) is 6.54 Å². The molecule has 0 heterocycles. The smallest absolute Gasteiger partial charge is 0.0992 e. The van der Waals surface area contributed by atoms with Gasteiger partial charge in [-0.3, -0.25) is 0 Å². The Morgan fingerprint density at radius 3 is 2.56 bits per heavy atom. The van der Waals surface area contributed by atoms with Crippen molar-refractivity contribution in [1.29, 1.82) is 5.26 Å². The summed E-state index contributed by atoms with van der Waals surface area (Å²) in [6, 6.07) is 18.1. The molecule has 2 aromatic rings. The zero-order valence-electron chi connectivity index (χ0n) is 10.1. The van der Waals surface area contributed by atoms with Crippen LogP contribution in [0.3, 0.4) is 0 Å². The van der Waals surface area contributed by atoms with Crippen LogP contribution in [0.2, 0.25) is 0 Å². The molecule has 0 N–H and O–H groups in total. The standard InChI is InChI=1S/C15H13BrN2/c1-18(11-12-5-7-14(16)8-6-12)15-4-2-3-13(9-15)10-17/h2-9H,11H2,1H3. The summed E-state index contributed by atoms with van der Waals surface area (Å²) in [5, 5.41) is 8.89. The second kappa shape index (κ2) is 5.70. The molecule has 2 nitrogen and oxygen atoms in total. The fourth-order valence-electron chi connectivity index (χ4n) is 1.77. The molecule has 90 valence electrons. The van der Waals surface area contributed by atoms with E-state index in [0.29, 0.717) is 5.56 Å². The number of halogens is 1. The normalized spacial score (nSPS) is 9.83. The van der Waals surface area contributed by atoms with Gasteiger partial charge in [0.25, 0.3) is 0 Å². The Hall–Kier alpha value is -1.79. The first-order valence-electron chi connectivity index (χ1n) is 5.65. The van der Waals surface area contributed by atoms with Crippen molar-refractivity contribution in [3.8, 4) is 6.07 Å². The van der Waals surface area contributed by atoms with E-state index in [1.807, 2.05) is 43.4 Å². The SMILES string of the molecule is CN(Cc1ccc(Br)cc1)c1cccc(C#N)c1. The fraction of sp³-hybridized carbons (Fsp3) is 0.133. The third-order valence-electron chi connectivity index (χ3n) is 2.75. The number of rotatable bonds is 3. The Labute approximate surface area is 116 Å². The van der Waals surface area contributed by atoms with E-state index < -0.39 is 0 Å². The number of benzene rings is 2. The highest BCUT2D eigenvalue weighted by molar-refractivity contribution is 9.10. The second-order valence-corrected chi connectivity index (χ2v) is 5.06. The average molecular weight is 301 g/mol. The van der Waals surface area contributed by atoms with Crippen LogP contribution in [0.5, 0.6) is 0 Å². The Kier molecular flexibility index (Phi) is 4.01. The summed E-state index contributed by atoms with van der Waals surface area (Å²) in [5.41, 5.74) is 2.98. The molecule has 2 aromatic carbocycles. The number of hydrogen-bond acceptors (Lipinski definition) is 2. The van der Waals surface area contributed by atoms with Crippen molar-refractivity contribution in [1.82, 2.24) is 0 Å². The average Bonchev–Trinajstić information content (AvgIpc) is 2.41. The van der Waals surface area contributed by atoms with Gasteiger partial charge in [-0.05, 0) is 35.9 Å². The maximum Gasteiger partial charge on any atom is 0.0992 e. The van der Waals surface area contributed by atoms with E-state index in [1.165, 1.54) is 5.56 Å². The van der Waals surface area contributed by atoms with Crippen LogP contribution in [0, 0.1) is 11.3 Å². The van der Waals surface area contributed by atoms with Crippen LogP contribution >= 0.6 is 15.9 Å². The van der Waals surface area contributed by atoms with Gasteiger partial charge < -0.3 is 4.90 Å². The predicted octanol–water partition coefficient (Wildman–Crippen LogP) is 3.96. The van der Waals surface area contributed by atoms with E-state index in [-0.39, 0.29) is 0 Å². The van der Waals surface area contributed by atoms with Gasteiger partial charge in [0.05, 0.1) is 11.6 Å². The van der Waals surface area contributed by atoms with Gasteiger partial charge in [-0.25, -0.2) is 0 Å². The van der Waals surface area contributed by atoms with E-state index in [2.05, 4.69) is 39.0 Å². The first-order chi connectivity index (χ1) is 8.69. The van der Waals surface area contributed by atoms with E-state index in [0.717, 1.165) is 16.7 Å². The minimum atomic E-state index is 0.690. The number of nitriles is 1. The summed E-state index contributed by atoms with van der Waals surface area (Å²) in [7, 11) is 2.03. The lowest BCUT2D eigenvalue weighted by Gasteiger charge is -2.19. The molecule has 0 atom stereocenters. The van der Waals surface area contributed by atoms with Crippen molar-refractivity contribution in [2.24, 2.45) is 0 Å². The first-order valence-corrected chi connectivity index (χ1v) is 6.44. The summed E-state index contributed by atoms with van der Waals surface area (Å²) >= 11 is 3.43. The lowest BCUT2D eigenvalue weighted by molar-refractivity contribution is 0.922. The molecule has 0 fully saturated rings. The summed E-state index contributed by atoms with van der Waals surface area (Å²) in [6.45, 7) is 0.822. The molecule has 0 aromatic heterocycles. The fourth-order valence-corrected chi connectivity index (χ4v) is 2.03. The largest absolute Gasteiger partial charge is 0.370 e. The van der Waals surface area contributed by atoms with Crippen molar-refractivity contribution in [2.45, 2.75) is 6.54 Å². The molecular weight excluding hydrogens is 288 g/mol. The van der Waals surface area contributed by atoms with E-state index in [1.54, 1.807) is 0 Å². The number of hydrogen-bond donors (Lipinski definition) is 0. The van der Waals surface area contributed by atoms with Gasteiger partial charge in [-0.2, -0.15) is 5.26 Å². The Morgan fingerprint density at radius 2 is 1.89 bits per heavy atom. The van der Waals surface area contributed by atoms with Crippen molar-refractivity contribution in [3.05, 3.63) is 64.1 Å². The minimum absolute atomic E-state index is 0.690. The molecule has 3 heteroatoms. The lowest BCUT2D eigenvalue weighted by atomic mass is 10.1. The van der Waals surface area contributed by atoms with Gasteiger partial charge >= 0.3 is 0 Å². The third-order valence-corrected chi connectivity index (χ3v) is 3.28. The Balaban J connectivity index is 2.14. The van der Waals surface area contributed by atoms with Crippen LogP contribution in [0.1, 0.15) is 11.1 Å². The summed E-state index contributed by atoms with van der Waals surface area (Å²) in [5.74, 6) is 0. The first kappa shape index (κ1) is 12.7. The molecule has 18 heavy (non-hydrogen) atoms. The zero-order chi connectivity index (χ0) is 13.0. The van der Waals surface area contributed by atoms with Gasteiger partial charge in [0, 0.05) is 23.8 Å². The molecule has 0 saturated carbocycles. The molecular formula is C15H13BrN2. The van der Waals surface area contributed by atoms with Gasteiger partial charge in [0.2, 0.25) is 0 Å². The van der Waals surface area contributed by atoms with Gasteiger partial charge in [0.1, 0.15) is 0 Å². The topological polar surface area (TPSA) is 27.0 Å². The van der Waals surface area contributed by atoms with Crippen molar-refractivity contribution in [2.75, 3.05) is 11.9 Å². The molecule has 0 aliphatic rings. The minimum Gasteiger partial charge on any atom is -0.370 e. The molecule has 0 aliphatic heterocycles. The van der Waals surface area contributed by atoms with Crippen molar-refractivity contribution in [3.63, 3.8) is 0 Å².